The zero-order valence-electron chi connectivity index (χ0n) is 15.3. The highest BCUT2D eigenvalue weighted by molar-refractivity contribution is 7.19. The van der Waals surface area contributed by atoms with E-state index in [9.17, 15) is 18.0 Å². The summed E-state index contributed by atoms with van der Waals surface area (Å²) in [5.41, 5.74) is 1.39. The Labute approximate surface area is 163 Å². The molecule has 2 amide bonds. The topological polar surface area (TPSA) is 71.8 Å². The zero-order chi connectivity index (χ0) is 20.5. The Hall–Kier alpha value is -2.88. The summed E-state index contributed by atoms with van der Waals surface area (Å²) in [6, 6.07) is 6.20. The minimum absolute atomic E-state index is 0.0609. The first kappa shape index (κ1) is 19.9. The van der Waals surface area contributed by atoms with Crippen molar-refractivity contribution in [2.75, 3.05) is 5.32 Å². The van der Waals surface area contributed by atoms with Crippen molar-refractivity contribution in [3.05, 3.63) is 53.5 Å². The van der Waals surface area contributed by atoms with Crippen molar-refractivity contribution >= 4 is 22.5 Å². The number of anilines is 1. The number of alkyl halides is 3. The number of hydrogen-bond acceptors (Lipinski definition) is 4. The molecule has 0 saturated heterocycles. The van der Waals surface area contributed by atoms with Crippen LogP contribution in [0.1, 0.15) is 23.0 Å². The predicted octanol–water partition coefficient (Wildman–Crippen LogP) is 4.59. The van der Waals surface area contributed by atoms with Crippen LogP contribution in [0.5, 0.6) is 0 Å². The number of rotatable bonds is 4. The fourth-order valence-electron chi connectivity index (χ4n) is 2.86. The summed E-state index contributed by atoms with van der Waals surface area (Å²) < 4.78 is 42.2. The van der Waals surface area contributed by atoms with E-state index in [4.69, 9.17) is 0 Å². The van der Waals surface area contributed by atoms with Crippen LogP contribution in [0, 0.1) is 13.8 Å². The van der Waals surface area contributed by atoms with Gasteiger partial charge in [0, 0.05) is 24.5 Å². The molecule has 0 aliphatic rings. The number of aromatic nitrogens is 3. The van der Waals surface area contributed by atoms with Gasteiger partial charge in [0.25, 0.3) is 0 Å². The first-order chi connectivity index (χ1) is 13.2. The van der Waals surface area contributed by atoms with Crippen LogP contribution in [-0.2, 0) is 7.05 Å². The summed E-state index contributed by atoms with van der Waals surface area (Å²) in [7, 11) is 1.56. The molecule has 0 saturated carbocycles. The number of benzene rings is 1. The minimum atomic E-state index is -4.67. The minimum Gasteiger partial charge on any atom is -0.322 e. The Balaban J connectivity index is 1.77. The number of halogens is 3. The van der Waals surface area contributed by atoms with E-state index in [2.05, 4.69) is 15.4 Å². The highest BCUT2D eigenvalue weighted by atomic mass is 32.1. The van der Waals surface area contributed by atoms with Gasteiger partial charge in [0.1, 0.15) is 0 Å². The summed E-state index contributed by atoms with van der Waals surface area (Å²) >= 11 is 1.17. The normalized spacial score (nSPS) is 12.6. The Morgan fingerprint density at radius 2 is 1.89 bits per heavy atom. The van der Waals surface area contributed by atoms with E-state index in [1.807, 2.05) is 35.6 Å². The number of urea groups is 1. The van der Waals surface area contributed by atoms with Crippen molar-refractivity contribution in [3.63, 3.8) is 0 Å². The Kier molecular flexibility index (Phi) is 5.41. The van der Waals surface area contributed by atoms with Crippen LogP contribution in [0.25, 0.3) is 10.4 Å². The molecule has 0 radical (unpaired) electrons. The van der Waals surface area contributed by atoms with Gasteiger partial charge in [0.05, 0.1) is 10.6 Å². The summed E-state index contributed by atoms with van der Waals surface area (Å²) in [5, 5.41) is 8.60. The molecule has 28 heavy (non-hydrogen) atoms. The van der Waals surface area contributed by atoms with Crippen LogP contribution in [-0.4, -0.2) is 27.0 Å². The lowest BCUT2D eigenvalue weighted by Crippen LogP contribution is -2.41. The summed E-state index contributed by atoms with van der Waals surface area (Å²) in [4.78, 5) is 17.1. The lowest BCUT2D eigenvalue weighted by Gasteiger charge is -2.22. The monoisotopic (exact) mass is 409 g/mol. The SMILES string of the molecule is Cc1nn(C)c(C)c1[C@@H](NC(=O)Nc1ncc(-c2ccccc2)s1)C(F)(F)F. The number of carbonyl (C=O) groups is 1. The highest BCUT2D eigenvalue weighted by Gasteiger charge is 2.44. The van der Waals surface area contributed by atoms with E-state index in [0.717, 1.165) is 10.4 Å². The molecular formula is C18H18F3N5OS. The van der Waals surface area contributed by atoms with Gasteiger partial charge < -0.3 is 5.32 Å². The van der Waals surface area contributed by atoms with Crippen LogP contribution in [0.4, 0.5) is 23.1 Å². The maximum absolute atomic E-state index is 13.6. The molecule has 6 nitrogen and oxygen atoms in total. The lowest BCUT2D eigenvalue weighted by atomic mass is 10.0. The number of nitrogens with zero attached hydrogens (tertiary/aromatic N) is 3. The first-order valence-corrected chi connectivity index (χ1v) is 9.14. The van der Waals surface area contributed by atoms with E-state index in [1.54, 1.807) is 13.2 Å². The summed E-state index contributed by atoms with van der Waals surface area (Å²) in [5.74, 6) is 0. The van der Waals surface area contributed by atoms with Crippen molar-refractivity contribution in [1.82, 2.24) is 20.1 Å². The average Bonchev–Trinajstić information content (AvgIpc) is 3.18. The molecule has 0 fully saturated rings. The van der Waals surface area contributed by atoms with Gasteiger partial charge in [-0.25, -0.2) is 9.78 Å². The smallest absolute Gasteiger partial charge is 0.322 e. The molecule has 0 bridgehead atoms. The van der Waals surface area contributed by atoms with E-state index >= 15 is 0 Å². The molecule has 148 valence electrons. The molecule has 0 aliphatic carbocycles. The number of thiazole rings is 1. The van der Waals surface area contributed by atoms with Crippen LogP contribution in [0.3, 0.4) is 0 Å². The maximum Gasteiger partial charge on any atom is 0.413 e. The molecule has 2 aromatic heterocycles. The third-order valence-corrected chi connectivity index (χ3v) is 5.20. The van der Waals surface area contributed by atoms with Crippen LogP contribution in [0.15, 0.2) is 36.5 Å². The quantitative estimate of drug-likeness (QED) is 0.662. The first-order valence-electron chi connectivity index (χ1n) is 8.32. The molecule has 2 heterocycles. The van der Waals surface area contributed by atoms with E-state index < -0.39 is 18.2 Å². The van der Waals surface area contributed by atoms with Gasteiger partial charge in [-0.05, 0) is 19.4 Å². The maximum atomic E-state index is 13.6. The molecular weight excluding hydrogens is 391 g/mol. The van der Waals surface area contributed by atoms with Crippen molar-refractivity contribution in [2.45, 2.75) is 26.1 Å². The van der Waals surface area contributed by atoms with Gasteiger partial charge in [-0.2, -0.15) is 18.3 Å². The van der Waals surface area contributed by atoms with Crippen molar-refractivity contribution in [3.8, 4) is 10.4 Å². The molecule has 0 unspecified atom stereocenters. The third kappa shape index (κ3) is 4.16. The summed E-state index contributed by atoms with van der Waals surface area (Å²) in [6.07, 6.45) is -3.11. The van der Waals surface area contributed by atoms with Crippen LogP contribution >= 0.6 is 11.3 Å². The van der Waals surface area contributed by atoms with Gasteiger partial charge in [0.15, 0.2) is 11.2 Å². The third-order valence-electron chi connectivity index (χ3n) is 4.24. The number of carbonyl (C=O) groups excluding carboxylic acids is 1. The molecule has 3 rings (SSSR count). The van der Waals surface area contributed by atoms with Crippen molar-refractivity contribution < 1.29 is 18.0 Å². The lowest BCUT2D eigenvalue weighted by molar-refractivity contribution is -0.155. The zero-order valence-corrected chi connectivity index (χ0v) is 16.1. The fraction of sp³-hybridized carbons (Fsp3) is 0.278. The molecule has 0 aliphatic heterocycles. The van der Waals surface area contributed by atoms with Gasteiger partial charge in [-0.1, -0.05) is 41.7 Å². The highest BCUT2D eigenvalue weighted by Crippen LogP contribution is 2.36. The van der Waals surface area contributed by atoms with Crippen LogP contribution < -0.4 is 10.6 Å². The van der Waals surface area contributed by atoms with Gasteiger partial charge in [-0.15, -0.1) is 0 Å². The number of aryl methyl sites for hydroxylation is 2. The largest absolute Gasteiger partial charge is 0.413 e. The molecule has 1 aromatic carbocycles. The second kappa shape index (κ2) is 7.63. The van der Waals surface area contributed by atoms with Crippen LogP contribution in [0.2, 0.25) is 0 Å². The number of amides is 2. The predicted molar refractivity (Wildman–Crippen MR) is 101 cm³/mol. The Bertz CT molecular complexity index is 981. The van der Waals surface area contributed by atoms with Gasteiger partial charge >= 0.3 is 12.2 Å². The Morgan fingerprint density at radius 3 is 2.46 bits per heavy atom. The Morgan fingerprint density at radius 1 is 1.21 bits per heavy atom. The molecule has 0 spiro atoms. The fourth-order valence-corrected chi connectivity index (χ4v) is 3.67. The molecule has 1 atom stereocenters. The summed E-state index contributed by atoms with van der Waals surface area (Å²) in [6.45, 7) is 3.01. The number of nitrogens with one attached hydrogen (secondary N) is 2. The molecule has 10 heteroatoms. The second-order valence-corrected chi connectivity index (χ2v) is 7.21. The van der Waals surface area contributed by atoms with E-state index in [-0.39, 0.29) is 16.4 Å². The van der Waals surface area contributed by atoms with Crippen molar-refractivity contribution in [2.24, 2.45) is 7.05 Å². The average molecular weight is 409 g/mol. The standard InChI is InChI=1S/C18H18F3N5OS/c1-10-14(11(2)26(3)25-10)15(18(19,20)21)23-16(27)24-17-22-9-13(28-17)12-7-5-4-6-8-12/h4-9,15H,1-3H3,(H2,22,23,24,27)/t15-/m1/s1. The molecule has 3 aromatic rings. The molecule has 2 N–H and O–H groups in total. The van der Waals surface area contributed by atoms with E-state index in [0.29, 0.717) is 5.69 Å². The van der Waals surface area contributed by atoms with Gasteiger partial charge in [-0.3, -0.25) is 10.00 Å². The number of hydrogen-bond donors (Lipinski definition) is 2. The van der Waals surface area contributed by atoms with Crippen molar-refractivity contribution in [1.29, 1.82) is 0 Å². The van der Waals surface area contributed by atoms with Gasteiger partial charge in [0.2, 0.25) is 0 Å². The van der Waals surface area contributed by atoms with E-state index in [1.165, 1.54) is 29.9 Å². The second-order valence-electron chi connectivity index (χ2n) is 6.18.